The first-order chi connectivity index (χ1) is 22.2. The first kappa shape index (κ1) is 37.9. The summed E-state index contributed by atoms with van der Waals surface area (Å²) >= 11 is 0. The van der Waals surface area contributed by atoms with Crippen molar-refractivity contribution in [3.05, 3.63) is 71.8 Å². The third-order valence-corrected chi connectivity index (χ3v) is 9.85. The van der Waals surface area contributed by atoms with E-state index in [2.05, 4.69) is 15.4 Å². The average Bonchev–Trinajstić information content (AvgIpc) is 3.00. The normalized spacial score (nSPS) is 17.8. The highest BCUT2D eigenvalue weighted by molar-refractivity contribution is 7.87. The molecule has 0 bridgehead atoms. The first-order valence-corrected chi connectivity index (χ1v) is 17.6. The minimum atomic E-state index is -4.28. The summed E-state index contributed by atoms with van der Waals surface area (Å²) in [5.41, 5.74) is 0.123. The molecule has 0 saturated heterocycles. The molecule has 12 nitrogen and oxygen atoms in total. The topological polar surface area (TPSA) is 163 Å². The standard InChI is InChI=1S/C34H50N4O8S/c1-6-45-32(41)34(4,5)37-47(43,44)38(20-19-24(2)3)22-30(39)29(21-25-13-9-7-10-14-25)35-31(40)27-17-18-28(27)36-33(42)46-23-26-15-11-8-12-16-26/h7-16,24,27-30,37,39H,6,17-23H2,1-5H3,(H,35,40)(H,36,42). The molecular weight excluding hydrogens is 624 g/mol. The Hall–Kier alpha value is -3.52. The van der Waals surface area contributed by atoms with Crippen molar-refractivity contribution < 1.29 is 37.4 Å². The molecule has 0 aliphatic heterocycles. The zero-order valence-corrected chi connectivity index (χ0v) is 28.8. The minimum Gasteiger partial charge on any atom is -0.465 e. The number of ether oxygens (including phenoxy) is 2. The quantitative estimate of drug-likeness (QED) is 0.175. The lowest BCUT2D eigenvalue weighted by atomic mass is 9.78. The van der Waals surface area contributed by atoms with Gasteiger partial charge in [-0.2, -0.15) is 17.4 Å². The van der Waals surface area contributed by atoms with Crippen LogP contribution in [0.3, 0.4) is 0 Å². The molecule has 4 atom stereocenters. The number of aliphatic hydroxyl groups is 1. The molecule has 13 heteroatoms. The molecule has 0 spiro atoms. The smallest absolute Gasteiger partial charge is 0.407 e. The van der Waals surface area contributed by atoms with Crippen LogP contribution in [0.4, 0.5) is 4.79 Å². The van der Waals surface area contributed by atoms with Gasteiger partial charge in [-0.15, -0.1) is 0 Å². The molecule has 0 aromatic heterocycles. The van der Waals surface area contributed by atoms with Gasteiger partial charge in [0.2, 0.25) is 5.91 Å². The molecule has 4 unspecified atom stereocenters. The van der Waals surface area contributed by atoms with Gasteiger partial charge in [0.25, 0.3) is 10.2 Å². The molecule has 3 rings (SSSR count). The molecule has 4 N–H and O–H groups in total. The van der Waals surface area contributed by atoms with E-state index in [1.807, 2.05) is 74.5 Å². The molecular formula is C34H50N4O8S. The summed E-state index contributed by atoms with van der Waals surface area (Å²) in [6.07, 6.45) is -0.0764. The van der Waals surface area contributed by atoms with Gasteiger partial charge in [-0.25, -0.2) is 4.79 Å². The van der Waals surface area contributed by atoms with Gasteiger partial charge in [-0.3, -0.25) is 9.59 Å². The van der Waals surface area contributed by atoms with Crippen LogP contribution in [0, 0.1) is 11.8 Å². The van der Waals surface area contributed by atoms with E-state index in [-0.39, 0.29) is 44.5 Å². The fourth-order valence-electron chi connectivity index (χ4n) is 5.13. The first-order valence-electron chi connectivity index (χ1n) is 16.2. The Balaban J connectivity index is 1.73. The predicted molar refractivity (Wildman–Crippen MR) is 178 cm³/mol. The molecule has 1 fully saturated rings. The lowest BCUT2D eigenvalue weighted by Gasteiger charge is -2.37. The van der Waals surface area contributed by atoms with Crippen molar-refractivity contribution in [1.29, 1.82) is 0 Å². The summed E-state index contributed by atoms with van der Waals surface area (Å²) in [5.74, 6) is -1.47. The molecule has 0 heterocycles. The highest BCUT2D eigenvalue weighted by Gasteiger charge is 2.41. The Kier molecular flexibility index (Phi) is 14.2. The maximum atomic E-state index is 13.6. The maximum absolute atomic E-state index is 13.6. The van der Waals surface area contributed by atoms with Crippen molar-refractivity contribution in [3.8, 4) is 0 Å². The predicted octanol–water partition coefficient (Wildman–Crippen LogP) is 3.30. The summed E-state index contributed by atoms with van der Waals surface area (Å²) in [5, 5.41) is 17.2. The summed E-state index contributed by atoms with van der Waals surface area (Å²) < 4.78 is 41.1. The van der Waals surface area contributed by atoms with Crippen molar-refractivity contribution in [3.63, 3.8) is 0 Å². The van der Waals surface area contributed by atoms with Crippen LogP contribution < -0.4 is 15.4 Å². The number of alkyl carbamates (subject to hydrolysis) is 1. The number of benzene rings is 2. The fraction of sp³-hybridized carbons (Fsp3) is 0.559. The highest BCUT2D eigenvalue weighted by Crippen LogP contribution is 2.28. The molecule has 1 aliphatic rings. The van der Waals surface area contributed by atoms with Gasteiger partial charge in [0.15, 0.2) is 0 Å². The Bertz CT molecular complexity index is 1410. The van der Waals surface area contributed by atoms with E-state index in [1.54, 1.807) is 6.92 Å². The highest BCUT2D eigenvalue weighted by atomic mass is 32.2. The number of nitrogens with zero attached hydrogens (tertiary/aromatic N) is 1. The third kappa shape index (κ3) is 11.9. The van der Waals surface area contributed by atoms with E-state index in [9.17, 15) is 27.9 Å². The third-order valence-electron chi connectivity index (χ3n) is 8.07. The van der Waals surface area contributed by atoms with Crippen LogP contribution in [0.1, 0.15) is 65.0 Å². The maximum Gasteiger partial charge on any atom is 0.407 e. The molecule has 260 valence electrons. The Morgan fingerprint density at radius 2 is 1.60 bits per heavy atom. The van der Waals surface area contributed by atoms with Crippen molar-refractivity contribution in [1.82, 2.24) is 19.7 Å². The van der Waals surface area contributed by atoms with E-state index >= 15 is 0 Å². The summed E-state index contributed by atoms with van der Waals surface area (Å²) in [6, 6.07) is 17.2. The van der Waals surface area contributed by atoms with Crippen LogP contribution >= 0.6 is 0 Å². The van der Waals surface area contributed by atoms with E-state index in [0.717, 1.165) is 15.4 Å². The summed E-state index contributed by atoms with van der Waals surface area (Å²) in [4.78, 5) is 38.5. The number of rotatable bonds is 18. The molecule has 1 aliphatic carbocycles. The van der Waals surface area contributed by atoms with Crippen molar-refractivity contribution >= 4 is 28.2 Å². The largest absolute Gasteiger partial charge is 0.465 e. The SMILES string of the molecule is CCOC(=O)C(C)(C)NS(=O)(=O)N(CCC(C)C)CC(O)C(Cc1ccccc1)NC(=O)C1CCC1NC(=O)OCc1ccccc1. The average molecular weight is 675 g/mol. The summed E-state index contributed by atoms with van der Waals surface area (Å²) in [7, 11) is -4.28. The van der Waals surface area contributed by atoms with Crippen molar-refractivity contribution in [2.75, 3.05) is 19.7 Å². The lowest BCUT2D eigenvalue weighted by molar-refractivity contribution is -0.149. The van der Waals surface area contributed by atoms with Gasteiger partial charge in [-0.05, 0) is 63.5 Å². The number of hydrogen-bond donors (Lipinski definition) is 4. The Labute approximate surface area is 278 Å². The number of carbonyl (C=O) groups is 3. The van der Waals surface area contributed by atoms with E-state index in [4.69, 9.17) is 9.47 Å². The second-order valence-corrected chi connectivity index (χ2v) is 14.5. The van der Waals surface area contributed by atoms with Crippen LogP contribution in [0.15, 0.2) is 60.7 Å². The fourth-order valence-corrected chi connectivity index (χ4v) is 6.68. The molecule has 47 heavy (non-hydrogen) atoms. The van der Waals surface area contributed by atoms with Gasteiger partial charge in [0.05, 0.1) is 24.7 Å². The summed E-state index contributed by atoms with van der Waals surface area (Å²) in [6.45, 7) is 8.31. The monoisotopic (exact) mass is 674 g/mol. The molecule has 2 aromatic rings. The van der Waals surface area contributed by atoms with Crippen LogP contribution in [0.5, 0.6) is 0 Å². The second kappa shape index (κ2) is 17.6. The number of esters is 1. The lowest BCUT2D eigenvalue weighted by Crippen LogP contribution is -2.59. The number of aliphatic hydroxyl groups excluding tert-OH is 1. The molecule has 0 radical (unpaired) electrons. The zero-order valence-electron chi connectivity index (χ0n) is 28.0. The van der Waals surface area contributed by atoms with Crippen LogP contribution in [-0.4, -0.2) is 79.2 Å². The van der Waals surface area contributed by atoms with Crippen molar-refractivity contribution in [2.45, 2.75) is 90.6 Å². The van der Waals surface area contributed by atoms with Gasteiger partial charge in [-0.1, -0.05) is 74.5 Å². The van der Waals surface area contributed by atoms with Gasteiger partial charge in [0, 0.05) is 19.1 Å². The van der Waals surface area contributed by atoms with E-state index in [0.29, 0.717) is 19.3 Å². The molecule has 2 aromatic carbocycles. The van der Waals surface area contributed by atoms with Gasteiger partial charge >= 0.3 is 12.1 Å². The number of nitrogens with one attached hydrogen (secondary N) is 3. The molecule has 2 amide bonds. The van der Waals surface area contributed by atoms with E-state index < -0.39 is 51.9 Å². The van der Waals surface area contributed by atoms with Crippen LogP contribution in [0.2, 0.25) is 0 Å². The zero-order chi connectivity index (χ0) is 34.6. The van der Waals surface area contributed by atoms with Crippen LogP contribution in [0.25, 0.3) is 0 Å². The molecule has 1 saturated carbocycles. The number of carbonyl (C=O) groups excluding carboxylic acids is 3. The van der Waals surface area contributed by atoms with Crippen LogP contribution in [-0.2, 0) is 42.3 Å². The Morgan fingerprint density at radius 1 is 0.979 bits per heavy atom. The number of hydrogen-bond acceptors (Lipinski definition) is 8. The van der Waals surface area contributed by atoms with Gasteiger partial charge < -0.3 is 25.2 Å². The number of amides is 2. The second-order valence-electron chi connectivity index (χ2n) is 12.9. The van der Waals surface area contributed by atoms with Gasteiger partial charge in [0.1, 0.15) is 12.1 Å². The minimum absolute atomic E-state index is 0.0781. The van der Waals surface area contributed by atoms with E-state index in [1.165, 1.54) is 13.8 Å². The van der Waals surface area contributed by atoms with Crippen molar-refractivity contribution in [2.24, 2.45) is 11.8 Å². The Morgan fingerprint density at radius 3 is 2.15 bits per heavy atom.